The molecule has 1 amide bonds. The first-order valence-electron chi connectivity index (χ1n) is 6.57. The Morgan fingerprint density at radius 2 is 1.90 bits per heavy atom. The lowest BCUT2D eigenvalue weighted by Gasteiger charge is -2.22. The number of hydrogen-bond donors (Lipinski definition) is 1. The van der Waals surface area contributed by atoms with Crippen molar-refractivity contribution in [1.29, 1.82) is 0 Å². The van der Waals surface area contributed by atoms with Gasteiger partial charge in [0.15, 0.2) is 0 Å². The molecule has 2 aromatic carbocycles. The minimum Gasteiger partial charge on any atom is -0.497 e. The van der Waals surface area contributed by atoms with Gasteiger partial charge in [0.1, 0.15) is 5.75 Å². The fraction of sp³-hybridized carbons (Fsp3) is 0.188. The maximum atomic E-state index is 12.8. The van der Waals surface area contributed by atoms with Crippen molar-refractivity contribution >= 4 is 33.2 Å². The van der Waals surface area contributed by atoms with Gasteiger partial charge in [0, 0.05) is 22.4 Å². The van der Waals surface area contributed by atoms with E-state index in [2.05, 4.69) is 15.9 Å². The maximum absolute atomic E-state index is 12.8. The third kappa shape index (κ3) is 3.36. The number of hydrogen-bond acceptors (Lipinski definition) is 3. The van der Waals surface area contributed by atoms with Crippen LogP contribution in [0.1, 0.15) is 17.3 Å². The molecule has 0 atom stereocenters. The van der Waals surface area contributed by atoms with Crippen molar-refractivity contribution in [2.45, 2.75) is 6.92 Å². The quantitative estimate of drug-likeness (QED) is 0.857. The van der Waals surface area contributed by atoms with Crippen molar-refractivity contribution in [2.75, 3.05) is 24.3 Å². The van der Waals surface area contributed by atoms with Gasteiger partial charge in [0.25, 0.3) is 5.91 Å². The van der Waals surface area contributed by atoms with Gasteiger partial charge in [-0.15, -0.1) is 0 Å². The zero-order chi connectivity index (χ0) is 15.4. The van der Waals surface area contributed by atoms with E-state index in [1.165, 1.54) is 0 Å². The average molecular weight is 349 g/mol. The van der Waals surface area contributed by atoms with Crippen molar-refractivity contribution < 1.29 is 9.53 Å². The summed E-state index contributed by atoms with van der Waals surface area (Å²) < 4.78 is 5.92. The Labute approximate surface area is 132 Å². The Kier molecular flexibility index (Phi) is 4.85. The zero-order valence-electron chi connectivity index (χ0n) is 12.0. The van der Waals surface area contributed by atoms with Crippen molar-refractivity contribution in [3.05, 3.63) is 52.5 Å². The summed E-state index contributed by atoms with van der Waals surface area (Å²) >= 11 is 3.42. The first-order valence-corrected chi connectivity index (χ1v) is 7.37. The number of nitrogen functional groups attached to an aromatic ring is 1. The third-order valence-electron chi connectivity index (χ3n) is 3.17. The highest BCUT2D eigenvalue weighted by Crippen LogP contribution is 2.26. The molecule has 5 heteroatoms. The lowest BCUT2D eigenvalue weighted by atomic mass is 10.1. The standard InChI is InChI=1S/C16H17BrN2O2/c1-3-19(12-6-4-11(18)5-7-12)16(20)14-10-13(21-2)8-9-15(14)17/h4-10H,3,18H2,1-2H3. The van der Waals surface area contributed by atoms with Crippen molar-refractivity contribution in [3.8, 4) is 5.75 Å². The van der Waals surface area contributed by atoms with E-state index in [-0.39, 0.29) is 5.91 Å². The predicted octanol–water partition coefficient (Wildman–Crippen LogP) is 3.71. The molecule has 0 spiro atoms. The number of carbonyl (C=O) groups excluding carboxylic acids is 1. The SMILES string of the molecule is CCN(C(=O)c1cc(OC)ccc1Br)c1ccc(N)cc1. The van der Waals surface area contributed by atoms with Gasteiger partial charge in [-0.05, 0) is 65.3 Å². The van der Waals surface area contributed by atoms with Crippen molar-refractivity contribution in [3.63, 3.8) is 0 Å². The second-order valence-corrected chi connectivity index (χ2v) is 5.34. The van der Waals surface area contributed by atoms with Crippen LogP contribution >= 0.6 is 15.9 Å². The summed E-state index contributed by atoms with van der Waals surface area (Å²) in [5.74, 6) is 0.558. The normalized spacial score (nSPS) is 10.2. The molecule has 0 aromatic heterocycles. The van der Waals surface area contributed by atoms with Crippen LogP contribution in [0.2, 0.25) is 0 Å². The molecule has 0 saturated heterocycles. The van der Waals surface area contributed by atoms with Crippen LogP contribution in [-0.2, 0) is 0 Å². The number of amides is 1. The molecule has 2 aromatic rings. The highest BCUT2D eigenvalue weighted by Gasteiger charge is 2.19. The Bertz CT molecular complexity index is 641. The summed E-state index contributed by atoms with van der Waals surface area (Å²) in [6.45, 7) is 2.49. The van der Waals surface area contributed by atoms with Crippen LogP contribution < -0.4 is 15.4 Å². The summed E-state index contributed by atoms with van der Waals surface area (Å²) in [4.78, 5) is 14.5. The van der Waals surface area contributed by atoms with Gasteiger partial charge >= 0.3 is 0 Å². The van der Waals surface area contributed by atoms with E-state index in [0.29, 0.717) is 23.5 Å². The van der Waals surface area contributed by atoms with E-state index in [1.807, 2.05) is 25.1 Å². The molecule has 0 bridgehead atoms. The highest BCUT2D eigenvalue weighted by molar-refractivity contribution is 9.10. The van der Waals surface area contributed by atoms with Gasteiger partial charge in [0.2, 0.25) is 0 Å². The second-order valence-electron chi connectivity index (χ2n) is 4.49. The molecule has 4 nitrogen and oxygen atoms in total. The largest absolute Gasteiger partial charge is 0.497 e. The first kappa shape index (κ1) is 15.4. The zero-order valence-corrected chi connectivity index (χ0v) is 13.6. The molecule has 0 aliphatic heterocycles. The lowest BCUT2D eigenvalue weighted by molar-refractivity contribution is 0.0987. The number of ether oxygens (including phenoxy) is 1. The van der Waals surface area contributed by atoms with Gasteiger partial charge in [-0.3, -0.25) is 4.79 Å². The van der Waals surface area contributed by atoms with E-state index >= 15 is 0 Å². The Hall–Kier alpha value is -2.01. The Morgan fingerprint density at radius 3 is 2.48 bits per heavy atom. The molecular formula is C16H17BrN2O2. The fourth-order valence-corrected chi connectivity index (χ4v) is 2.45. The number of anilines is 2. The predicted molar refractivity (Wildman–Crippen MR) is 88.9 cm³/mol. The van der Waals surface area contributed by atoms with Crippen LogP contribution in [-0.4, -0.2) is 19.6 Å². The first-order chi connectivity index (χ1) is 10.1. The Morgan fingerprint density at radius 1 is 1.24 bits per heavy atom. The minimum atomic E-state index is -0.0898. The van der Waals surface area contributed by atoms with Gasteiger partial charge < -0.3 is 15.4 Å². The van der Waals surface area contributed by atoms with Crippen LogP contribution in [0.15, 0.2) is 46.9 Å². The number of rotatable bonds is 4. The molecule has 2 rings (SSSR count). The minimum absolute atomic E-state index is 0.0898. The number of nitrogens with zero attached hydrogens (tertiary/aromatic N) is 1. The second kappa shape index (κ2) is 6.63. The third-order valence-corrected chi connectivity index (χ3v) is 3.86. The molecule has 0 saturated carbocycles. The summed E-state index contributed by atoms with van der Waals surface area (Å²) in [5, 5.41) is 0. The van der Waals surface area contributed by atoms with Gasteiger partial charge in [-0.25, -0.2) is 0 Å². The van der Waals surface area contributed by atoms with E-state index in [4.69, 9.17) is 10.5 Å². The molecular weight excluding hydrogens is 332 g/mol. The van der Waals surface area contributed by atoms with E-state index < -0.39 is 0 Å². The van der Waals surface area contributed by atoms with Crippen molar-refractivity contribution in [1.82, 2.24) is 0 Å². The summed E-state index contributed by atoms with van der Waals surface area (Å²) in [7, 11) is 1.58. The molecule has 0 aliphatic carbocycles. The smallest absolute Gasteiger partial charge is 0.259 e. The molecule has 0 radical (unpaired) electrons. The van der Waals surface area contributed by atoms with Crippen LogP contribution in [0.25, 0.3) is 0 Å². The number of halogens is 1. The number of benzene rings is 2. The van der Waals surface area contributed by atoms with E-state index in [1.54, 1.807) is 36.3 Å². The average Bonchev–Trinajstić information content (AvgIpc) is 2.50. The van der Waals surface area contributed by atoms with Crippen LogP contribution in [0, 0.1) is 0 Å². The molecule has 110 valence electrons. The molecule has 0 aliphatic rings. The van der Waals surface area contributed by atoms with Crippen LogP contribution in [0.5, 0.6) is 5.75 Å². The van der Waals surface area contributed by atoms with Gasteiger partial charge in [-0.2, -0.15) is 0 Å². The van der Waals surface area contributed by atoms with Crippen LogP contribution in [0.3, 0.4) is 0 Å². The molecule has 2 N–H and O–H groups in total. The summed E-state index contributed by atoms with van der Waals surface area (Å²) in [6, 6.07) is 12.6. The van der Waals surface area contributed by atoms with E-state index in [9.17, 15) is 4.79 Å². The number of methoxy groups -OCH3 is 1. The monoisotopic (exact) mass is 348 g/mol. The maximum Gasteiger partial charge on any atom is 0.259 e. The van der Waals surface area contributed by atoms with Gasteiger partial charge in [-0.1, -0.05) is 0 Å². The number of carbonyl (C=O) groups is 1. The Balaban J connectivity index is 2.38. The topological polar surface area (TPSA) is 55.6 Å². The molecule has 0 unspecified atom stereocenters. The molecule has 21 heavy (non-hydrogen) atoms. The van der Waals surface area contributed by atoms with Gasteiger partial charge in [0.05, 0.1) is 12.7 Å². The molecule has 0 fully saturated rings. The van der Waals surface area contributed by atoms with E-state index in [0.717, 1.165) is 10.2 Å². The van der Waals surface area contributed by atoms with Crippen LogP contribution in [0.4, 0.5) is 11.4 Å². The summed E-state index contributed by atoms with van der Waals surface area (Å²) in [5.41, 5.74) is 7.74. The lowest BCUT2D eigenvalue weighted by Crippen LogP contribution is -2.30. The van der Waals surface area contributed by atoms with Crippen molar-refractivity contribution in [2.24, 2.45) is 0 Å². The number of nitrogens with two attached hydrogens (primary N) is 1. The molecule has 0 heterocycles. The fourth-order valence-electron chi connectivity index (χ4n) is 2.04. The highest BCUT2D eigenvalue weighted by atomic mass is 79.9. The summed E-state index contributed by atoms with van der Waals surface area (Å²) in [6.07, 6.45) is 0.